The Balaban J connectivity index is 2.06. The van der Waals surface area contributed by atoms with E-state index in [4.69, 9.17) is 5.73 Å². The van der Waals surface area contributed by atoms with Gasteiger partial charge in [0.15, 0.2) is 0 Å². The van der Waals surface area contributed by atoms with Gasteiger partial charge in [0.1, 0.15) is 0 Å². The second kappa shape index (κ2) is 5.14. The Morgan fingerprint density at radius 3 is 2.76 bits per heavy atom. The molecule has 5 nitrogen and oxygen atoms in total. The molecule has 2 rings (SSSR count). The first-order chi connectivity index (χ1) is 8.20. The Labute approximate surface area is 101 Å². The monoisotopic (exact) mass is 234 g/mol. The quantitative estimate of drug-likeness (QED) is 0.829. The van der Waals surface area contributed by atoms with E-state index in [0.717, 1.165) is 18.7 Å². The highest BCUT2D eigenvalue weighted by molar-refractivity contribution is 5.75. The average Bonchev–Trinajstić information content (AvgIpc) is 2.36. The van der Waals surface area contributed by atoms with Crippen molar-refractivity contribution in [2.75, 3.05) is 26.7 Å². The molecule has 0 radical (unpaired) electrons. The van der Waals surface area contributed by atoms with Crippen LogP contribution in [0.4, 0.5) is 4.79 Å². The number of rotatable bonds is 3. The van der Waals surface area contributed by atoms with Crippen LogP contribution in [0, 0.1) is 5.92 Å². The van der Waals surface area contributed by atoms with E-state index in [1.165, 1.54) is 0 Å². The first-order valence-corrected chi connectivity index (χ1v) is 5.79. The SMILES string of the molecule is CN1CC(CN)CN(Cc2ccncc2)C1=O. The molecule has 0 aromatic carbocycles. The molecule has 17 heavy (non-hydrogen) atoms. The molecule has 0 saturated carbocycles. The minimum atomic E-state index is 0.0755. The molecular weight excluding hydrogens is 216 g/mol. The zero-order valence-corrected chi connectivity index (χ0v) is 10.0. The number of hydrogen-bond acceptors (Lipinski definition) is 3. The van der Waals surface area contributed by atoms with E-state index in [9.17, 15) is 4.79 Å². The maximum Gasteiger partial charge on any atom is 0.320 e. The van der Waals surface area contributed by atoms with Crippen LogP contribution in [-0.2, 0) is 6.54 Å². The van der Waals surface area contributed by atoms with Gasteiger partial charge in [-0.1, -0.05) is 0 Å². The van der Waals surface area contributed by atoms with Crippen LogP contribution < -0.4 is 5.73 Å². The normalized spacial score (nSPS) is 20.8. The molecular formula is C12H18N4O. The van der Waals surface area contributed by atoms with Crippen molar-refractivity contribution in [2.24, 2.45) is 11.7 Å². The topological polar surface area (TPSA) is 62.5 Å². The molecule has 1 atom stereocenters. The highest BCUT2D eigenvalue weighted by Crippen LogP contribution is 2.15. The summed E-state index contributed by atoms with van der Waals surface area (Å²) in [5.41, 5.74) is 6.79. The highest BCUT2D eigenvalue weighted by atomic mass is 16.2. The largest absolute Gasteiger partial charge is 0.330 e. The van der Waals surface area contributed by atoms with Crippen molar-refractivity contribution >= 4 is 6.03 Å². The minimum absolute atomic E-state index is 0.0755. The fraction of sp³-hybridized carbons (Fsp3) is 0.500. The fourth-order valence-electron chi connectivity index (χ4n) is 2.14. The molecule has 5 heteroatoms. The maximum atomic E-state index is 12.0. The van der Waals surface area contributed by atoms with E-state index >= 15 is 0 Å². The third-order valence-electron chi connectivity index (χ3n) is 3.06. The minimum Gasteiger partial charge on any atom is -0.330 e. The van der Waals surface area contributed by atoms with Crippen LogP contribution in [0.5, 0.6) is 0 Å². The molecule has 1 aliphatic rings. The van der Waals surface area contributed by atoms with Gasteiger partial charge in [-0.3, -0.25) is 4.98 Å². The summed E-state index contributed by atoms with van der Waals surface area (Å²) in [6.07, 6.45) is 3.49. The van der Waals surface area contributed by atoms with Gasteiger partial charge in [-0.05, 0) is 24.2 Å². The number of urea groups is 1. The predicted octanol–water partition coefficient (Wildman–Crippen LogP) is 0.524. The molecule has 0 spiro atoms. The second-order valence-corrected chi connectivity index (χ2v) is 4.50. The van der Waals surface area contributed by atoms with Crippen LogP contribution in [0.3, 0.4) is 0 Å². The first kappa shape index (κ1) is 11.9. The Kier molecular flexibility index (Phi) is 3.58. The number of carbonyl (C=O) groups excluding carboxylic acids is 1. The molecule has 1 fully saturated rings. The molecule has 1 aromatic rings. The van der Waals surface area contributed by atoms with Crippen molar-refractivity contribution in [3.63, 3.8) is 0 Å². The van der Waals surface area contributed by atoms with Crippen molar-refractivity contribution in [3.8, 4) is 0 Å². The zero-order valence-electron chi connectivity index (χ0n) is 10.0. The molecule has 0 bridgehead atoms. The summed E-state index contributed by atoms with van der Waals surface area (Å²) in [4.78, 5) is 19.5. The third kappa shape index (κ3) is 2.74. The second-order valence-electron chi connectivity index (χ2n) is 4.50. The maximum absolute atomic E-state index is 12.0. The summed E-state index contributed by atoms with van der Waals surface area (Å²) in [7, 11) is 1.82. The van der Waals surface area contributed by atoms with Gasteiger partial charge in [0.25, 0.3) is 0 Å². The van der Waals surface area contributed by atoms with Gasteiger partial charge in [-0.25, -0.2) is 4.79 Å². The molecule has 1 aromatic heterocycles. The van der Waals surface area contributed by atoms with Gasteiger partial charge < -0.3 is 15.5 Å². The van der Waals surface area contributed by atoms with Crippen molar-refractivity contribution < 1.29 is 4.79 Å². The summed E-state index contributed by atoms with van der Waals surface area (Å²) in [6.45, 7) is 2.73. The Bertz CT molecular complexity index is 381. The van der Waals surface area contributed by atoms with Gasteiger partial charge in [-0.2, -0.15) is 0 Å². The van der Waals surface area contributed by atoms with Crippen LogP contribution in [0.25, 0.3) is 0 Å². The Morgan fingerprint density at radius 1 is 1.41 bits per heavy atom. The van der Waals surface area contributed by atoms with E-state index in [1.807, 2.05) is 24.1 Å². The number of hydrogen-bond donors (Lipinski definition) is 1. The lowest BCUT2D eigenvalue weighted by Gasteiger charge is -2.38. The van der Waals surface area contributed by atoms with Gasteiger partial charge in [0, 0.05) is 45.0 Å². The zero-order chi connectivity index (χ0) is 12.3. The third-order valence-corrected chi connectivity index (χ3v) is 3.06. The lowest BCUT2D eigenvalue weighted by Crippen LogP contribution is -2.52. The summed E-state index contributed by atoms with van der Waals surface area (Å²) < 4.78 is 0. The molecule has 1 aliphatic heterocycles. The standard InChI is InChI=1S/C12H18N4O/c1-15-7-11(6-13)9-16(12(15)17)8-10-2-4-14-5-3-10/h2-5,11H,6-9,13H2,1H3. The number of pyridine rings is 1. The Hall–Kier alpha value is -1.62. The summed E-state index contributed by atoms with van der Waals surface area (Å²) in [5.74, 6) is 0.361. The van der Waals surface area contributed by atoms with Crippen molar-refractivity contribution in [3.05, 3.63) is 30.1 Å². The van der Waals surface area contributed by atoms with Crippen molar-refractivity contribution in [2.45, 2.75) is 6.54 Å². The summed E-state index contributed by atoms with van der Waals surface area (Å²) in [6, 6.07) is 3.94. The van der Waals surface area contributed by atoms with Crippen LogP contribution in [0.1, 0.15) is 5.56 Å². The van der Waals surface area contributed by atoms with Gasteiger partial charge in [0.05, 0.1) is 0 Å². The summed E-state index contributed by atoms with van der Waals surface area (Å²) >= 11 is 0. The molecule has 2 N–H and O–H groups in total. The number of carbonyl (C=O) groups is 1. The number of nitrogens with zero attached hydrogens (tertiary/aromatic N) is 3. The van der Waals surface area contributed by atoms with E-state index in [1.54, 1.807) is 17.3 Å². The number of nitrogens with two attached hydrogens (primary N) is 1. The van der Waals surface area contributed by atoms with Crippen LogP contribution in [0.2, 0.25) is 0 Å². The van der Waals surface area contributed by atoms with E-state index < -0.39 is 0 Å². The van der Waals surface area contributed by atoms with Crippen LogP contribution in [0.15, 0.2) is 24.5 Å². The smallest absolute Gasteiger partial charge is 0.320 e. The molecule has 1 unspecified atom stereocenters. The first-order valence-electron chi connectivity index (χ1n) is 5.79. The molecule has 1 saturated heterocycles. The lowest BCUT2D eigenvalue weighted by atomic mass is 10.1. The van der Waals surface area contributed by atoms with Gasteiger partial charge in [-0.15, -0.1) is 0 Å². The molecule has 0 aliphatic carbocycles. The van der Waals surface area contributed by atoms with Gasteiger partial charge in [0.2, 0.25) is 0 Å². The summed E-state index contributed by atoms with van der Waals surface area (Å²) in [5, 5.41) is 0. The predicted molar refractivity (Wildman–Crippen MR) is 65.2 cm³/mol. The fourth-order valence-corrected chi connectivity index (χ4v) is 2.14. The van der Waals surface area contributed by atoms with E-state index in [0.29, 0.717) is 19.0 Å². The lowest BCUT2D eigenvalue weighted by molar-refractivity contribution is 0.114. The van der Waals surface area contributed by atoms with Crippen LogP contribution >= 0.6 is 0 Å². The van der Waals surface area contributed by atoms with Crippen LogP contribution in [-0.4, -0.2) is 47.5 Å². The van der Waals surface area contributed by atoms with Crippen molar-refractivity contribution in [1.29, 1.82) is 0 Å². The number of aromatic nitrogens is 1. The van der Waals surface area contributed by atoms with Crippen molar-refractivity contribution in [1.82, 2.24) is 14.8 Å². The average molecular weight is 234 g/mol. The molecule has 2 heterocycles. The van der Waals surface area contributed by atoms with E-state index in [2.05, 4.69) is 4.98 Å². The van der Waals surface area contributed by atoms with E-state index in [-0.39, 0.29) is 6.03 Å². The Morgan fingerprint density at radius 2 is 2.12 bits per heavy atom. The molecule has 92 valence electrons. The van der Waals surface area contributed by atoms with Gasteiger partial charge >= 0.3 is 6.03 Å². The highest BCUT2D eigenvalue weighted by Gasteiger charge is 2.28. The number of amides is 2. The molecule has 2 amide bonds.